The number of phenolic OH excluding ortho intramolecular Hbond substituents is 1. The number of aromatic hydroxyl groups is 1. The molecule has 0 fully saturated rings. The smallest absolute Gasteiger partial charge is 0.248 e. The van der Waals surface area contributed by atoms with E-state index in [1.807, 2.05) is 0 Å². The van der Waals surface area contributed by atoms with Gasteiger partial charge in [0.2, 0.25) is 5.56 Å². The number of aromatic nitrogens is 1. The van der Waals surface area contributed by atoms with E-state index >= 15 is 0 Å². The summed E-state index contributed by atoms with van der Waals surface area (Å²) in [6.07, 6.45) is -0.811. The minimum absolute atomic E-state index is 0.0330. The molecule has 0 radical (unpaired) electrons. The third-order valence-corrected chi connectivity index (χ3v) is 2.58. The van der Waals surface area contributed by atoms with Gasteiger partial charge in [-0.25, -0.2) is 0 Å². The Kier molecular flexibility index (Phi) is 3.10. The maximum absolute atomic E-state index is 11.2. The summed E-state index contributed by atoms with van der Waals surface area (Å²) in [7, 11) is 0. The lowest BCUT2D eigenvalue weighted by Crippen LogP contribution is -2.27. The molecule has 6 heteroatoms. The first-order valence-corrected chi connectivity index (χ1v) is 5.10. The Hall–Kier alpha value is -1.89. The fourth-order valence-electron chi connectivity index (χ4n) is 1.77. The predicted molar refractivity (Wildman–Crippen MR) is 63.4 cm³/mol. The number of pyridine rings is 1. The number of benzene rings is 1. The lowest BCUT2D eigenvalue weighted by molar-refractivity contribution is 0.176. The number of hydrogen-bond acceptors (Lipinski definition) is 5. The molecule has 0 aliphatic carbocycles. The molecule has 1 heterocycles. The van der Waals surface area contributed by atoms with Crippen molar-refractivity contribution in [3.63, 3.8) is 0 Å². The lowest BCUT2D eigenvalue weighted by Gasteiger charge is -2.13. The van der Waals surface area contributed by atoms with Crippen LogP contribution in [0.25, 0.3) is 10.9 Å². The van der Waals surface area contributed by atoms with Gasteiger partial charge in [0.05, 0.1) is 11.6 Å². The molecule has 2 rings (SSSR count). The quantitative estimate of drug-likeness (QED) is 0.371. The third-order valence-electron chi connectivity index (χ3n) is 2.58. The number of H-pyrrole nitrogens is 1. The van der Waals surface area contributed by atoms with Gasteiger partial charge in [-0.2, -0.15) is 0 Å². The maximum Gasteiger partial charge on any atom is 0.248 e. The summed E-state index contributed by atoms with van der Waals surface area (Å²) in [4.78, 5) is 13.7. The van der Waals surface area contributed by atoms with Gasteiger partial charge in [-0.1, -0.05) is 6.07 Å². The predicted octanol–water partition coefficient (Wildman–Crippen LogP) is -0.270. The van der Waals surface area contributed by atoms with Crippen LogP contribution in [-0.2, 0) is 0 Å². The number of hydrogen-bond donors (Lipinski definition) is 5. The normalized spacial score (nSPS) is 12.8. The lowest BCUT2D eigenvalue weighted by atomic mass is 10.0. The summed E-state index contributed by atoms with van der Waals surface area (Å²) < 4.78 is 0. The summed E-state index contributed by atoms with van der Waals surface area (Å²) in [5.41, 5.74) is 2.96. The van der Waals surface area contributed by atoms with Crippen LogP contribution in [-0.4, -0.2) is 21.7 Å². The van der Waals surface area contributed by atoms with E-state index in [0.717, 1.165) is 0 Å². The average molecular weight is 235 g/mol. The van der Waals surface area contributed by atoms with E-state index in [-0.39, 0.29) is 17.9 Å². The second-order valence-electron chi connectivity index (χ2n) is 3.71. The van der Waals surface area contributed by atoms with Gasteiger partial charge in [-0.15, -0.1) is 0 Å². The van der Waals surface area contributed by atoms with Crippen LogP contribution in [0.3, 0.4) is 0 Å². The van der Waals surface area contributed by atoms with E-state index in [1.54, 1.807) is 12.1 Å². The van der Waals surface area contributed by atoms with Crippen LogP contribution in [0, 0.1) is 0 Å². The highest BCUT2D eigenvalue weighted by atomic mass is 16.3. The minimum atomic E-state index is -0.811. The number of rotatable bonds is 3. The Labute approximate surface area is 96.7 Å². The standard InChI is InChI=1S/C11H13N3O3/c12-13-5-9(16)6-1-3-8(15)11-7(6)2-4-10(17)14-11/h1-4,9,13,15-16H,5,12H2,(H,14,17)/t9-/m0/s1. The average Bonchev–Trinajstić information content (AvgIpc) is 2.30. The Bertz CT molecular complexity index is 594. The molecule has 0 unspecified atom stereocenters. The summed E-state index contributed by atoms with van der Waals surface area (Å²) in [5, 5.41) is 20.1. The van der Waals surface area contributed by atoms with E-state index in [9.17, 15) is 15.0 Å². The highest BCUT2D eigenvalue weighted by Gasteiger charge is 2.12. The minimum Gasteiger partial charge on any atom is -0.506 e. The summed E-state index contributed by atoms with van der Waals surface area (Å²) >= 11 is 0. The molecule has 0 aliphatic rings. The molecule has 17 heavy (non-hydrogen) atoms. The molecule has 90 valence electrons. The van der Waals surface area contributed by atoms with E-state index in [4.69, 9.17) is 5.84 Å². The SMILES string of the molecule is NNC[C@H](O)c1ccc(O)c2[nH]c(=O)ccc12. The van der Waals surface area contributed by atoms with Gasteiger partial charge in [0.15, 0.2) is 0 Å². The van der Waals surface area contributed by atoms with E-state index in [1.165, 1.54) is 12.1 Å². The topological polar surface area (TPSA) is 111 Å². The van der Waals surface area contributed by atoms with Crippen molar-refractivity contribution in [3.8, 4) is 5.75 Å². The van der Waals surface area contributed by atoms with Crippen molar-refractivity contribution in [2.75, 3.05) is 6.54 Å². The highest BCUT2D eigenvalue weighted by molar-refractivity contribution is 5.87. The molecule has 0 aliphatic heterocycles. The Morgan fingerprint density at radius 3 is 2.82 bits per heavy atom. The summed E-state index contributed by atoms with van der Waals surface area (Å²) in [6, 6.07) is 5.92. The van der Waals surface area contributed by atoms with Crippen molar-refractivity contribution >= 4 is 10.9 Å². The van der Waals surface area contributed by atoms with Crippen LogP contribution >= 0.6 is 0 Å². The van der Waals surface area contributed by atoms with Crippen LogP contribution < -0.4 is 16.8 Å². The molecule has 6 nitrogen and oxygen atoms in total. The Morgan fingerprint density at radius 1 is 1.35 bits per heavy atom. The number of aromatic amines is 1. The van der Waals surface area contributed by atoms with Gasteiger partial charge in [0, 0.05) is 18.0 Å². The van der Waals surface area contributed by atoms with Crippen LogP contribution in [0.1, 0.15) is 11.7 Å². The highest BCUT2D eigenvalue weighted by Crippen LogP contribution is 2.28. The van der Waals surface area contributed by atoms with Crippen LogP contribution in [0.2, 0.25) is 0 Å². The largest absolute Gasteiger partial charge is 0.506 e. The van der Waals surface area contributed by atoms with Gasteiger partial charge in [0.1, 0.15) is 5.75 Å². The first kappa shape index (κ1) is 11.6. The second kappa shape index (κ2) is 4.54. The molecule has 0 bridgehead atoms. The zero-order chi connectivity index (χ0) is 12.4. The fourth-order valence-corrected chi connectivity index (χ4v) is 1.77. The summed E-state index contributed by atoms with van der Waals surface area (Å²) in [5.74, 6) is 5.11. The molecule has 1 atom stereocenters. The molecule has 2 aromatic rings. The summed E-state index contributed by atoms with van der Waals surface area (Å²) in [6.45, 7) is 0.180. The van der Waals surface area contributed by atoms with Crippen molar-refractivity contribution < 1.29 is 10.2 Å². The van der Waals surface area contributed by atoms with Gasteiger partial charge in [-0.3, -0.25) is 16.1 Å². The molecule has 0 amide bonds. The van der Waals surface area contributed by atoms with Crippen LogP contribution in [0.4, 0.5) is 0 Å². The van der Waals surface area contributed by atoms with E-state index in [0.29, 0.717) is 16.5 Å². The molecule has 6 N–H and O–H groups in total. The number of phenols is 1. The molecule has 0 spiro atoms. The number of nitrogens with two attached hydrogens (primary N) is 1. The third kappa shape index (κ3) is 2.14. The molecular weight excluding hydrogens is 222 g/mol. The first-order chi connectivity index (χ1) is 8.13. The number of aliphatic hydroxyl groups excluding tert-OH is 1. The number of nitrogens with one attached hydrogen (secondary N) is 2. The molecular formula is C11H13N3O3. The first-order valence-electron chi connectivity index (χ1n) is 5.10. The van der Waals surface area contributed by atoms with Crippen molar-refractivity contribution in [1.29, 1.82) is 0 Å². The molecule has 1 aromatic heterocycles. The Balaban J connectivity index is 2.66. The maximum atomic E-state index is 11.2. The van der Waals surface area contributed by atoms with Gasteiger partial charge >= 0.3 is 0 Å². The van der Waals surface area contributed by atoms with Gasteiger partial charge < -0.3 is 15.2 Å². The molecule has 0 saturated carbocycles. The van der Waals surface area contributed by atoms with Gasteiger partial charge in [0.25, 0.3) is 0 Å². The fraction of sp³-hybridized carbons (Fsp3) is 0.182. The van der Waals surface area contributed by atoms with Crippen molar-refractivity contribution in [2.24, 2.45) is 5.84 Å². The van der Waals surface area contributed by atoms with Crippen LogP contribution in [0.5, 0.6) is 5.75 Å². The Morgan fingerprint density at radius 2 is 2.12 bits per heavy atom. The van der Waals surface area contributed by atoms with E-state index < -0.39 is 6.10 Å². The van der Waals surface area contributed by atoms with Crippen LogP contribution in [0.15, 0.2) is 29.1 Å². The van der Waals surface area contributed by atoms with Crippen molar-refractivity contribution in [3.05, 3.63) is 40.2 Å². The van der Waals surface area contributed by atoms with E-state index in [2.05, 4.69) is 10.4 Å². The molecule has 1 aromatic carbocycles. The monoisotopic (exact) mass is 235 g/mol. The number of aliphatic hydroxyl groups is 1. The second-order valence-corrected chi connectivity index (χ2v) is 3.71. The zero-order valence-electron chi connectivity index (χ0n) is 8.97. The van der Waals surface area contributed by atoms with Gasteiger partial charge in [-0.05, 0) is 17.7 Å². The van der Waals surface area contributed by atoms with Crippen molar-refractivity contribution in [2.45, 2.75) is 6.10 Å². The van der Waals surface area contributed by atoms with Crippen molar-refractivity contribution in [1.82, 2.24) is 10.4 Å². The number of fused-ring (bicyclic) bond motifs is 1. The molecule has 0 saturated heterocycles. The number of hydrazine groups is 1. The zero-order valence-corrected chi connectivity index (χ0v) is 8.97.